The van der Waals surface area contributed by atoms with E-state index in [9.17, 15) is 9.90 Å². The van der Waals surface area contributed by atoms with Gasteiger partial charge in [-0.3, -0.25) is 4.79 Å². The highest BCUT2D eigenvalue weighted by Crippen LogP contribution is 2.31. The van der Waals surface area contributed by atoms with Crippen molar-refractivity contribution in [2.75, 3.05) is 11.4 Å². The molecule has 5 nitrogen and oxygen atoms in total. The van der Waals surface area contributed by atoms with E-state index in [1.54, 1.807) is 0 Å². The second kappa shape index (κ2) is 10.3. The molecule has 3 rings (SSSR count). The SMILES string of the molecule is CCc1cccc(-c2nc(N(CCC(=O)O)Cc3ccccc3)n(C)c2CC(C)C)c1. The van der Waals surface area contributed by atoms with Gasteiger partial charge in [-0.15, -0.1) is 0 Å². The average Bonchev–Trinajstić information content (AvgIpc) is 3.07. The van der Waals surface area contributed by atoms with E-state index in [0.717, 1.165) is 35.6 Å². The van der Waals surface area contributed by atoms with Crippen LogP contribution in [0.25, 0.3) is 11.3 Å². The first-order valence-corrected chi connectivity index (χ1v) is 11.0. The number of aromatic nitrogens is 2. The number of anilines is 1. The summed E-state index contributed by atoms with van der Waals surface area (Å²) in [5, 5.41) is 9.31. The van der Waals surface area contributed by atoms with Crippen LogP contribution in [0.15, 0.2) is 54.6 Å². The van der Waals surface area contributed by atoms with Gasteiger partial charge in [-0.2, -0.15) is 0 Å². The van der Waals surface area contributed by atoms with Crippen LogP contribution in [-0.2, 0) is 31.2 Å². The molecule has 0 fully saturated rings. The minimum atomic E-state index is -0.800. The van der Waals surface area contributed by atoms with Crippen LogP contribution in [0.3, 0.4) is 0 Å². The van der Waals surface area contributed by atoms with Gasteiger partial charge in [-0.1, -0.05) is 69.3 Å². The maximum Gasteiger partial charge on any atom is 0.305 e. The van der Waals surface area contributed by atoms with Gasteiger partial charge in [0.25, 0.3) is 0 Å². The van der Waals surface area contributed by atoms with E-state index in [-0.39, 0.29) is 6.42 Å². The number of nitrogens with zero attached hydrogens (tertiary/aromatic N) is 3. The van der Waals surface area contributed by atoms with Crippen LogP contribution >= 0.6 is 0 Å². The second-order valence-electron chi connectivity index (χ2n) is 8.47. The summed E-state index contributed by atoms with van der Waals surface area (Å²) in [7, 11) is 2.05. The maximum absolute atomic E-state index is 11.3. The second-order valence-corrected chi connectivity index (χ2v) is 8.47. The summed E-state index contributed by atoms with van der Waals surface area (Å²) >= 11 is 0. The van der Waals surface area contributed by atoms with Crippen molar-refractivity contribution in [1.82, 2.24) is 9.55 Å². The van der Waals surface area contributed by atoms with Crippen LogP contribution in [0.4, 0.5) is 5.95 Å². The van der Waals surface area contributed by atoms with Crippen molar-refractivity contribution in [3.8, 4) is 11.3 Å². The molecule has 0 saturated carbocycles. The van der Waals surface area contributed by atoms with Crippen LogP contribution in [0.1, 0.15) is 44.0 Å². The predicted molar refractivity (Wildman–Crippen MR) is 126 cm³/mol. The molecule has 1 aromatic heterocycles. The standard InChI is InChI=1S/C26H33N3O2/c1-5-20-12-9-13-22(17-20)25-23(16-19(2)3)28(4)26(27-25)29(15-14-24(30)31)18-21-10-7-6-8-11-21/h6-13,17,19H,5,14-16,18H2,1-4H3,(H,30,31). The molecule has 164 valence electrons. The number of carbonyl (C=O) groups is 1. The van der Waals surface area contributed by atoms with Crippen LogP contribution in [0.2, 0.25) is 0 Å². The van der Waals surface area contributed by atoms with E-state index in [0.29, 0.717) is 19.0 Å². The van der Waals surface area contributed by atoms with Crippen LogP contribution < -0.4 is 4.90 Å². The highest BCUT2D eigenvalue weighted by Gasteiger charge is 2.22. The lowest BCUT2D eigenvalue weighted by Crippen LogP contribution is -2.28. The molecular weight excluding hydrogens is 386 g/mol. The number of rotatable bonds is 10. The van der Waals surface area contributed by atoms with Gasteiger partial charge in [-0.25, -0.2) is 4.98 Å². The molecule has 0 saturated heterocycles. The summed E-state index contributed by atoms with van der Waals surface area (Å²) in [4.78, 5) is 18.5. The fourth-order valence-electron chi connectivity index (χ4n) is 3.88. The summed E-state index contributed by atoms with van der Waals surface area (Å²) in [6.07, 6.45) is 1.96. The highest BCUT2D eigenvalue weighted by atomic mass is 16.4. The molecule has 1 N–H and O–H groups in total. The lowest BCUT2D eigenvalue weighted by atomic mass is 10.0. The van der Waals surface area contributed by atoms with Crippen molar-refractivity contribution in [3.05, 3.63) is 71.4 Å². The van der Waals surface area contributed by atoms with Gasteiger partial charge in [0.05, 0.1) is 12.1 Å². The van der Waals surface area contributed by atoms with E-state index in [1.807, 2.05) is 25.2 Å². The Hall–Kier alpha value is -3.08. The molecule has 0 aliphatic carbocycles. The average molecular weight is 420 g/mol. The number of carboxylic acid groups (broad SMARTS) is 1. The fraction of sp³-hybridized carbons (Fsp3) is 0.385. The lowest BCUT2D eigenvalue weighted by Gasteiger charge is -2.23. The number of benzene rings is 2. The number of aryl methyl sites for hydroxylation is 1. The van der Waals surface area contributed by atoms with Gasteiger partial charge in [0.15, 0.2) is 0 Å². The number of hydrogen-bond donors (Lipinski definition) is 1. The number of hydrogen-bond acceptors (Lipinski definition) is 3. The zero-order valence-corrected chi connectivity index (χ0v) is 19.0. The van der Waals surface area contributed by atoms with Gasteiger partial charge < -0.3 is 14.6 Å². The van der Waals surface area contributed by atoms with E-state index in [1.165, 1.54) is 11.3 Å². The van der Waals surface area contributed by atoms with Gasteiger partial charge >= 0.3 is 5.97 Å². The van der Waals surface area contributed by atoms with Gasteiger partial charge in [0, 0.05) is 31.4 Å². The molecule has 0 spiro atoms. The molecule has 31 heavy (non-hydrogen) atoms. The summed E-state index contributed by atoms with van der Waals surface area (Å²) in [5.74, 6) is 0.501. The van der Waals surface area contributed by atoms with Crippen molar-refractivity contribution >= 4 is 11.9 Å². The van der Waals surface area contributed by atoms with E-state index in [4.69, 9.17) is 4.98 Å². The number of imidazole rings is 1. The predicted octanol–water partition coefficient (Wildman–Crippen LogP) is 5.33. The van der Waals surface area contributed by atoms with E-state index in [2.05, 4.69) is 66.6 Å². The molecule has 0 aliphatic rings. The molecule has 0 atom stereocenters. The molecular formula is C26H33N3O2. The summed E-state index contributed by atoms with van der Waals surface area (Å²) in [5.41, 5.74) is 5.72. The van der Waals surface area contributed by atoms with E-state index < -0.39 is 5.97 Å². The van der Waals surface area contributed by atoms with Gasteiger partial charge in [0.2, 0.25) is 5.95 Å². The molecule has 2 aromatic carbocycles. The summed E-state index contributed by atoms with van der Waals surface area (Å²) in [6.45, 7) is 7.61. The molecule has 3 aromatic rings. The minimum absolute atomic E-state index is 0.0693. The molecule has 0 unspecified atom stereocenters. The van der Waals surface area contributed by atoms with E-state index >= 15 is 0 Å². The Labute approximate surface area is 185 Å². The Balaban J connectivity index is 2.07. The fourth-order valence-corrected chi connectivity index (χ4v) is 3.88. The van der Waals surface area contributed by atoms with Crippen molar-refractivity contribution in [2.24, 2.45) is 13.0 Å². The Bertz CT molecular complexity index is 1010. The largest absolute Gasteiger partial charge is 0.481 e. The Morgan fingerprint density at radius 2 is 1.81 bits per heavy atom. The third kappa shape index (κ3) is 5.75. The minimum Gasteiger partial charge on any atom is -0.481 e. The topological polar surface area (TPSA) is 58.4 Å². The summed E-state index contributed by atoms with van der Waals surface area (Å²) in [6, 6.07) is 18.7. The zero-order valence-electron chi connectivity index (χ0n) is 19.0. The van der Waals surface area contributed by atoms with Crippen molar-refractivity contribution < 1.29 is 9.90 Å². The Morgan fingerprint density at radius 3 is 2.45 bits per heavy atom. The smallest absolute Gasteiger partial charge is 0.305 e. The van der Waals surface area contributed by atoms with Crippen molar-refractivity contribution in [3.63, 3.8) is 0 Å². The molecule has 0 bridgehead atoms. The Morgan fingerprint density at radius 1 is 1.10 bits per heavy atom. The molecule has 0 aliphatic heterocycles. The number of carboxylic acids is 1. The first-order chi connectivity index (χ1) is 14.9. The molecule has 0 radical (unpaired) electrons. The summed E-state index contributed by atoms with van der Waals surface area (Å²) < 4.78 is 2.15. The monoisotopic (exact) mass is 419 g/mol. The third-order valence-electron chi connectivity index (χ3n) is 5.49. The van der Waals surface area contributed by atoms with Gasteiger partial charge in [0.1, 0.15) is 0 Å². The van der Waals surface area contributed by atoms with Crippen LogP contribution in [0, 0.1) is 5.92 Å². The first kappa shape index (κ1) is 22.6. The third-order valence-corrected chi connectivity index (χ3v) is 5.49. The molecule has 1 heterocycles. The molecule has 0 amide bonds. The van der Waals surface area contributed by atoms with Crippen LogP contribution in [-0.4, -0.2) is 27.2 Å². The first-order valence-electron chi connectivity index (χ1n) is 11.0. The highest BCUT2D eigenvalue weighted by molar-refractivity contribution is 5.68. The normalized spacial score (nSPS) is 11.1. The Kier molecular flexibility index (Phi) is 7.50. The maximum atomic E-state index is 11.3. The lowest BCUT2D eigenvalue weighted by molar-refractivity contribution is -0.136. The van der Waals surface area contributed by atoms with Crippen molar-refractivity contribution in [1.29, 1.82) is 0 Å². The zero-order chi connectivity index (χ0) is 22.4. The number of aliphatic carboxylic acids is 1. The molecule has 5 heteroatoms. The van der Waals surface area contributed by atoms with Crippen molar-refractivity contribution in [2.45, 2.75) is 46.6 Å². The van der Waals surface area contributed by atoms with Crippen LogP contribution in [0.5, 0.6) is 0 Å². The van der Waals surface area contributed by atoms with Gasteiger partial charge in [-0.05, 0) is 36.0 Å². The quantitative estimate of drug-likeness (QED) is 0.483.